The fourth-order valence-corrected chi connectivity index (χ4v) is 2.39. The number of carbonyl (C=O) groups is 1. The van der Waals surface area contributed by atoms with E-state index in [2.05, 4.69) is 0 Å². The standard InChI is InChI=1S/C16H24N2O2/c1-3-14(17)13-7-5-6-8-15(13)20-11-16(19)18(4-2)12-9-10-12/h5-8,12,14H,3-4,9-11,17H2,1-2H3. The summed E-state index contributed by atoms with van der Waals surface area (Å²) < 4.78 is 5.71. The van der Waals surface area contributed by atoms with Gasteiger partial charge < -0.3 is 15.4 Å². The maximum absolute atomic E-state index is 12.1. The molecule has 0 spiro atoms. The predicted molar refractivity (Wildman–Crippen MR) is 79.6 cm³/mol. The van der Waals surface area contributed by atoms with Crippen molar-refractivity contribution in [3.8, 4) is 5.75 Å². The molecule has 0 radical (unpaired) electrons. The SMILES string of the molecule is CCC(N)c1ccccc1OCC(=O)N(CC)C1CC1. The number of amides is 1. The maximum Gasteiger partial charge on any atom is 0.260 e. The first kappa shape index (κ1) is 14.9. The van der Waals surface area contributed by atoms with Crippen molar-refractivity contribution in [2.24, 2.45) is 5.73 Å². The number of carbonyl (C=O) groups excluding carboxylic acids is 1. The fraction of sp³-hybridized carbons (Fsp3) is 0.562. The van der Waals surface area contributed by atoms with Gasteiger partial charge in [0.15, 0.2) is 6.61 Å². The summed E-state index contributed by atoms with van der Waals surface area (Å²) in [4.78, 5) is 14.1. The van der Waals surface area contributed by atoms with Gasteiger partial charge in [-0.2, -0.15) is 0 Å². The molecule has 1 aliphatic rings. The van der Waals surface area contributed by atoms with Gasteiger partial charge in [0.2, 0.25) is 0 Å². The van der Waals surface area contributed by atoms with Crippen LogP contribution >= 0.6 is 0 Å². The van der Waals surface area contributed by atoms with E-state index in [0.717, 1.165) is 37.1 Å². The summed E-state index contributed by atoms with van der Waals surface area (Å²) in [7, 11) is 0. The Hall–Kier alpha value is -1.55. The Labute approximate surface area is 120 Å². The molecule has 0 aliphatic heterocycles. The van der Waals surface area contributed by atoms with Crippen LogP contribution in [0.4, 0.5) is 0 Å². The minimum Gasteiger partial charge on any atom is -0.483 e. The first-order valence-corrected chi connectivity index (χ1v) is 7.44. The monoisotopic (exact) mass is 276 g/mol. The molecule has 20 heavy (non-hydrogen) atoms. The first-order chi connectivity index (χ1) is 9.67. The van der Waals surface area contributed by atoms with Crippen LogP contribution in [0.5, 0.6) is 5.75 Å². The Morgan fingerprint density at radius 3 is 2.70 bits per heavy atom. The first-order valence-electron chi connectivity index (χ1n) is 7.44. The van der Waals surface area contributed by atoms with Gasteiger partial charge in [0, 0.05) is 24.2 Å². The zero-order chi connectivity index (χ0) is 14.5. The second-order valence-electron chi connectivity index (χ2n) is 5.25. The van der Waals surface area contributed by atoms with Gasteiger partial charge in [0.1, 0.15) is 5.75 Å². The largest absolute Gasteiger partial charge is 0.483 e. The molecule has 1 aromatic carbocycles. The van der Waals surface area contributed by atoms with Gasteiger partial charge >= 0.3 is 0 Å². The van der Waals surface area contributed by atoms with Crippen molar-refractivity contribution in [3.63, 3.8) is 0 Å². The summed E-state index contributed by atoms with van der Waals surface area (Å²) in [5.74, 6) is 0.789. The number of hydrogen-bond acceptors (Lipinski definition) is 3. The number of para-hydroxylation sites is 1. The average Bonchev–Trinajstić information content (AvgIpc) is 3.30. The van der Waals surface area contributed by atoms with E-state index in [-0.39, 0.29) is 18.6 Å². The molecule has 4 heteroatoms. The molecule has 1 aliphatic carbocycles. The lowest BCUT2D eigenvalue weighted by atomic mass is 10.0. The molecule has 1 saturated carbocycles. The lowest BCUT2D eigenvalue weighted by molar-refractivity contribution is -0.133. The number of hydrogen-bond donors (Lipinski definition) is 1. The quantitative estimate of drug-likeness (QED) is 0.832. The molecule has 4 nitrogen and oxygen atoms in total. The maximum atomic E-state index is 12.1. The molecule has 0 bridgehead atoms. The van der Waals surface area contributed by atoms with Gasteiger partial charge in [-0.05, 0) is 32.3 Å². The Balaban J connectivity index is 1.98. The molecule has 110 valence electrons. The second-order valence-corrected chi connectivity index (χ2v) is 5.25. The molecule has 1 unspecified atom stereocenters. The van der Waals surface area contributed by atoms with Gasteiger partial charge in [0.05, 0.1) is 0 Å². The third-order valence-corrected chi connectivity index (χ3v) is 3.76. The van der Waals surface area contributed by atoms with Gasteiger partial charge in [-0.15, -0.1) is 0 Å². The van der Waals surface area contributed by atoms with Crippen LogP contribution in [0.2, 0.25) is 0 Å². The Morgan fingerprint density at radius 2 is 2.10 bits per heavy atom. The number of nitrogens with two attached hydrogens (primary N) is 1. The molecule has 0 heterocycles. The summed E-state index contributed by atoms with van der Waals surface area (Å²) in [5, 5.41) is 0. The molecule has 1 aromatic rings. The van der Waals surface area contributed by atoms with E-state index in [1.165, 1.54) is 0 Å². The highest BCUT2D eigenvalue weighted by Crippen LogP contribution is 2.28. The number of rotatable bonds is 7. The Bertz CT molecular complexity index is 458. The van der Waals surface area contributed by atoms with Crippen LogP contribution in [0, 0.1) is 0 Å². The van der Waals surface area contributed by atoms with Crippen LogP contribution in [0.15, 0.2) is 24.3 Å². The van der Waals surface area contributed by atoms with Gasteiger partial charge in [-0.3, -0.25) is 4.79 Å². The van der Waals surface area contributed by atoms with E-state index in [0.29, 0.717) is 6.04 Å². The summed E-state index contributed by atoms with van der Waals surface area (Å²) in [5.41, 5.74) is 7.04. The van der Waals surface area contributed by atoms with Crippen LogP contribution in [0.25, 0.3) is 0 Å². The van der Waals surface area contributed by atoms with Crippen molar-refractivity contribution in [1.29, 1.82) is 0 Å². The van der Waals surface area contributed by atoms with Crippen molar-refractivity contribution < 1.29 is 9.53 Å². The number of ether oxygens (including phenoxy) is 1. The highest BCUT2D eigenvalue weighted by Gasteiger charge is 2.31. The molecule has 1 fully saturated rings. The van der Waals surface area contributed by atoms with E-state index in [9.17, 15) is 4.79 Å². The van der Waals surface area contributed by atoms with E-state index in [4.69, 9.17) is 10.5 Å². The van der Waals surface area contributed by atoms with Crippen molar-refractivity contribution in [3.05, 3.63) is 29.8 Å². The summed E-state index contributed by atoms with van der Waals surface area (Å²) in [6.07, 6.45) is 3.09. The number of nitrogens with zero attached hydrogens (tertiary/aromatic N) is 1. The topological polar surface area (TPSA) is 55.6 Å². The van der Waals surface area contributed by atoms with Gasteiger partial charge in [-0.25, -0.2) is 0 Å². The third kappa shape index (κ3) is 3.51. The molecular weight excluding hydrogens is 252 g/mol. The average molecular weight is 276 g/mol. The molecular formula is C16H24N2O2. The van der Waals surface area contributed by atoms with E-state index in [1.807, 2.05) is 43.0 Å². The van der Waals surface area contributed by atoms with Crippen molar-refractivity contribution in [2.75, 3.05) is 13.2 Å². The zero-order valence-corrected chi connectivity index (χ0v) is 12.3. The number of likely N-dealkylation sites (N-methyl/N-ethyl adjacent to an activating group) is 1. The molecule has 2 rings (SSSR count). The Kier molecular flexibility index (Phi) is 5.01. The van der Waals surface area contributed by atoms with Crippen LogP contribution in [0.1, 0.15) is 44.7 Å². The van der Waals surface area contributed by atoms with Crippen molar-refractivity contribution in [2.45, 2.75) is 45.2 Å². The Morgan fingerprint density at radius 1 is 1.40 bits per heavy atom. The number of benzene rings is 1. The van der Waals surface area contributed by atoms with E-state index >= 15 is 0 Å². The predicted octanol–water partition coefficient (Wildman–Crippen LogP) is 2.49. The summed E-state index contributed by atoms with van der Waals surface area (Å²) in [6, 6.07) is 8.08. The fourth-order valence-electron chi connectivity index (χ4n) is 2.39. The minimum absolute atomic E-state index is 0.0491. The molecule has 1 atom stereocenters. The lowest BCUT2D eigenvalue weighted by Crippen LogP contribution is -2.36. The highest BCUT2D eigenvalue weighted by molar-refractivity contribution is 5.78. The van der Waals surface area contributed by atoms with E-state index < -0.39 is 0 Å². The van der Waals surface area contributed by atoms with Crippen LogP contribution in [0.3, 0.4) is 0 Å². The van der Waals surface area contributed by atoms with Crippen molar-refractivity contribution >= 4 is 5.91 Å². The second kappa shape index (κ2) is 6.75. The van der Waals surface area contributed by atoms with E-state index in [1.54, 1.807) is 0 Å². The van der Waals surface area contributed by atoms with Crippen LogP contribution in [-0.4, -0.2) is 30.0 Å². The zero-order valence-electron chi connectivity index (χ0n) is 12.3. The summed E-state index contributed by atoms with van der Waals surface area (Å²) in [6.45, 7) is 4.90. The molecule has 2 N–H and O–H groups in total. The van der Waals surface area contributed by atoms with Gasteiger partial charge in [-0.1, -0.05) is 25.1 Å². The third-order valence-electron chi connectivity index (χ3n) is 3.76. The van der Waals surface area contributed by atoms with Crippen LogP contribution in [-0.2, 0) is 4.79 Å². The normalized spacial score (nSPS) is 15.8. The molecule has 1 amide bonds. The molecule has 0 aromatic heterocycles. The van der Waals surface area contributed by atoms with Gasteiger partial charge in [0.25, 0.3) is 5.91 Å². The molecule has 0 saturated heterocycles. The highest BCUT2D eigenvalue weighted by atomic mass is 16.5. The smallest absolute Gasteiger partial charge is 0.260 e. The van der Waals surface area contributed by atoms with Crippen molar-refractivity contribution in [1.82, 2.24) is 4.90 Å². The summed E-state index contributed by atoms with van der Waals surface area (Å²) >= 11 is 0. The minimum atomic E-state index is -0.0491. The van der Waals surface area contributed by atoms with Crippen LogP contribution < -0.4 is 10.5 Å². The lowest BCUT2D eigenvalue weighted by Gasteiger charge is -2.21.